The number of fused-ring (bicyclic) bond motifs is 1. The Morgan fingerprint density at radius 3 is 1.98 bits per heavy atom. The van der Waals surface area contributed by atoms with Crippen LogP contribution >= 0.6 is 0 Å². The first-order valence-corrected chi connectivity index (χ1v) is 14.5. The number of carbonyl (C=O) groups excluding carboxylic acids is 1. The van der Waals surface area contributed by atoms with Gasteiger partial charge in [-0.05, 0) is 73.4 Å². The second-order valence-electron chi connectivity index (χ2n) is 10.9. The predicted molar refractivity (Wildman–Crippen MR) is 163 cm³/mol. The summed E-state index contributed by atoms with van der Waals surface area (Å²) in [4.78, 5) is 33.9. The van der Waals surface area contributed by atoms with Crippen LogP contribution in [-0.2, 0) is 25.2 Å². The Hall–Kier alpha value is -4.93. The average molecular weight is 638 g/mol. The third kappa shape index (κ3) is 6.83. The highest BCUT2D eigenvalue weighted by atomic mass is 19.4. The van der Waals surface area contributed by atoms with Gasteiger partial charge in [0.15, 0.2) is 0 Å². The minimum absolute atomic E-state index is 0.0168. The van der Waals surface area contributed by atoms with Crippen molar-refractivity contribution in [3.8, 4) is 5.69 Å². The molecule has 238 valence electrons. The number of aromatic nitrogens is 2. The average Bonchev–Trinajstić information content (AvgIpc) is 3.04. The van der Waals surface area contributed by atoms with E-state index < -0.39 is 46.6 Å². The first kappa shape index (κ1) is 32.5. The molecule has 0 aliphatic rings. The fourth-order valence-electron chi connectivity index (χ4n) is 5.31. The highest BCUT2D eigenvalue weighted by Gasteiger charge is 2.38. The molecule has 1 amide bonds. The van der Waals surface area contributed by atoms with Crippen LogP contribution in [0.25, 0.3) is 16.6 Å². The van der Waals surface area contributed by atoms with Gasteiger partial charge in [0.05, 0.1) is 33.8 Å². The largest absolute Gasteiger partial charge is 0.416 e. The lowest BCUT2D eigenvalue weighted by molar-refractivity contribution is -0.143. The number of hydrogen-bond acceptors (Lipinski definition) is 3. The van der Waals surface area contributed by atoms with Gasteiger partial charge in [-0.3, -0.25) is 14.2 Å². The Bertz CT molecular complexity index is 1880. The van der Waals surface area contributed by atoms with E-state index in [4.69, 9.17) is 4.98 Å². The van der Waals surface area contributed by atoms with Gasteiger partial charge in [0.25, 0.3) is 11.5 Å². The van der Waals surface area contributed by atoms with Gasteiger partial charge >= 0.3 is 12.4 Å². The molecule has 1 heterocycles. The van der Waals surface area contributed by atoms with E-state index in [1.54, 1.807) is 73.7 Å². The summed E-state index contributed by atoms with van der Waals surface area (Å²) >= 11 is 0. The molecule has 0 saturated heterocycles. The van der Waals surface area contributed by atoms with E-state index in [2.05, 4.69) is 0 Å². The molecule has 1 aromatic heterocycles. The minimum Gasteiger partial charge on any atom is -0.328 e. The fraction of sp³-hybridized carbons (Fsp3) is 0.229. The Morgan fingerprint density at radius 1 is 0.804 bits per heavy atom. The molecule has 0 aliphatic carbocycles. The van der Waals surface area contributed by atoms with Crippen molar-refractivity contribution < 1.29 is 31.1 Å². The Kier molecular flexibility index (Phi) is 9.05. The molecule has 5 nitrogen and oxygen atoms in total. The molecule has 0 spiro atoms. The third-order valence-electron chi connectivity index (χ3n) is 7.83. The number of nitrogens with zero attached hydrogens (tertiary/aromatic N) is 3. The summed E-state index contributed by atoms with van der Waals surface area (Å²) in [5, 5.41) is 0.299. The molecular formula is C35H29F6N3O2. The number of amides is 1. The van der Waals surface area contributed by atoms with Crippen LogP contribution in [0, 0.1) is 0 Å². The van der Waals surface area contributed by atoms with Crippen LogP contribution in [0.15, 0.2) is 102 Å². The molecule has 4 aromatic carbocycles. The van der Waals surface area contributed by atoms with Crippen molar-refractivity contribution in [2.45, 2.75) is 45.1 Å². The summed E-state index contributed by atoms with van der Waals surface area (Å²) in [7, 11) is 0. The van der Waals surface area contributed by atoms with Crippen LogP contribution in [0.2, 0.25) is 0 Å². The van der Waals surface area contributed by atoms with Crippen molar-refractivity contribution >= 4 is 16.8 Å². The van der Waals surface area contributed by atoms with E-state index in [9.17, 15) is 35.9 Å². The molecule has 0 saturated carbocycles. The molecule has 46 heavy (non-hydrogen) atoms. The second kappa shape index (κ2) is 12.8. The number of rotatable bonds is 8. The van der Waals surface area contributed by atoms with Crippen LogP contribution in [0.1, 0.15) is 58.3 Å². The zero-order valence-electron chi connectivity index (χ0n) is 24.9. The monoisotopic (exact) mass is 637 g/mol. The van der Waals surface area contributed by atoms with Crippen LogP contribution in [0.3, 0.4) is 0 Å². The minimum atomic E-state index is -5.14. The van der Waals surface area contributed by atoms with Gasteiger partial charge < -0.3 is 4.90 Å². The van der Waals surface area contributed by atoms with Crippen molar-refractivity contribution in [2.24, 2.45) is 0 Å². The number of carbonyl (C=O) groups is 1. The van der Waals surface area contributed by atoms with E-state index in [0.717, 1.165) is 22.4 Å². The number of para-hydroxylation sites is 1. The number of hydrogen-bond donors (Lipinski definition) is 0. The topological polar surface area (TPSA) is 55.2 Å². The van der Waals surface area contributed by atoms with E-state index in [1.807, 2.05) is 19.1 Å². The SMILES string of the molecule is CCc1ccc(-n2c(C(C)N(CCc3ccccc3)C(=O)c3cc(C(F)(F)F)cc(C(F)(F)F)c3)nc3ccccc3c2=O)cc1. The molecule has 1 atom stereocenters. The summed E-state index contributed by atoms with van der Waals surface area (Å²) in [6, 6.07) is 22.4. The van der Waals surface area contributed by atoms with Crippen molar-refractivity contribution in [1.82, 2.24) is 14.5 Å². The van der Waals surface area contributed by atoms with Gasteiger partial charge in [-0.25, -0.2) is 4.98 Å². The molecule has 0 fully saturated rings. The Balaban J connectivity index is 1.70. The first-order valence-electron chi connectivity index (χ1n) is 14.5. The lowest BCUT2D eigenvalue weighted by Crippen LogP contribution is -2.39. The highest BCUT2D eigenvalue weighted by molar-refractivity contribution is 5.95. The standard InChI is InChI=1S/C35H29F6N3O2/c1-3-23-13-15-28(16-14-23)44-31(42-30-12-8-7-11-29(30)33(44)46)22(2)43(18-17-24-9-5-4-6-10-24)32(45)25-19-26(34(36,37)38)21-27(20-25)35(39,40)41/h4-16,19-22H,3,17-18H2,1-2H3. The van der Waals surface area contributed by atoms with Crippen molar-refractivity contribution in [3.05, 3.63) is 141 Å². The van der Waals surface area contributed by atoms with E-state index in [-0.39, 0.29) is 24.9 Å². The number of benzene rings is 4. The van der Waals surface area contributed by atoms with Gasteiger partial charge in [0.1, 0.15) is 5.82 Å². The van der Waals surface area contributed by atoms with E-state index in [1.165, 1.54) is 4.57 Å². The Morgan fingerprint density at radius 2 is 1.39 bits per heavy atom. The third-order valence-corrected chi connectivity index (χ3v) is 7.83. The lowest BCUT2D eigenvalue weighted by atomic mass is 10.0. The summed E-state index contributed by atoms with van der Waals surface area (Å²) < 4.78 is 83.8. The zero-order chi connectivity index (χ0) is 33.2. The smallest absolute Gasteiger partial charge is 0.328 e. The predicted octanol–water partition coefficient (Wildman–Crippen LogP) is 8.43. The summed E-state index contributed by atoms with van der Waals surface area (Å²) in [6.07, 6.45) is -9.30. The second-order valence-corrected chi connectivity index (χ2v) is 10.9. The summed E-state index contributed by atoms with van der Waals surface area (Å²) in [6.45, 7) is 3.42. The van der Waals surface area contributed by atoms with Crippen molar-refractivity contribution in [2.75, 3.05) is 6.54 Å². The number of alkyl halides is 6. The molecule has 5 rings (SSSR count). The number of halogens is 6. The van der Waals surface area contributed by atoms with Gasteiger partial charge in [-0.2, -0.15) is 26.3 Å². The maximum atomic E-state index is 14.1. The van der Waals surface area contributed by atoms with Gasteiger partial charge in [0.2, 0.25) is 0 Å². The van der Waals surface area contributed by atoms with Gasteiger partial charge in [0, 0.05) is 12.1 Å². The van der Waals surface area contributed by atoms with Gasteiger partial charge in [-0.1, -0.05) is 61.5 Å². The summed E-state index contributed by atoms with van der Waals surface area (Å²) in [5.41, 5.74) is -1.87. The van der Waals surface area contributed by atoms with Gasteiger partial charge in [-0.15, -0.1) is 0 Å². The summed E-state index contributed by atoms with van der Waals surface area (Å²) in [5.74, 6) is -0.979. The quantitative estimate of drug-likeness (QED) is 0.161. The zero-order valence-corrected chi connectivity index (χ0v) is 24.9. The molecule has 0 bridgehead atoms. The maximum Gasteiger partial charge on any atom is 0.416 e. The molecule has 5 aromatic rings. The molecule has 11 heteroatoms. The Labute approximate surface area is 260 Å². The van der Waals surface area contributed by atoms with Crippen LogP contribution < -0.4 is 5.56 Å². The molecule has 0 aliphatic heterocycles. The van der Waals surface area contributed by atoms with Crippen LogP contribution in [0.5, 0.6) is 0 Å². The van der Waals surface area contributed by atoms with E-state index in [0.29, 0.717) is 28.7 Å². The molecule has 0 N–H and O–H groups in total. The molecular weight excluding hydrogens is 608 g/mol. The normalized spacial score (nSPS) is 12.7. The lowest BCUT2D eigenvalue weighted by Gasteiger charge is -2.31. The van der Waals surface area contributed by atoms with Crippen LogP contribution in [0.4, 0.5) is 26.3 Å². The number of aryl methyl sites for hydroxylation is 1. The molecule has 1 unspecified atom stereocenters. The van der Waals surface area contributed by atoms with Crippen molar-refractivity contribution in [3.63, 3.8) is 0 Å². The molecule has 0 radical (unpaired) electrons. The first-order chi connectivity index (χ1) is 21.8. The van der Waals surface area contributed by atoms with E-state index >= 15 is 0 Å². The maximum absolute atomic E-state index is 14.1. The van der Waals surface area contributed by atoms with Crippen molar-refractivity contribution in [1.29, 1.82) is 0 Å². The highest BCUT2D eigenvalue weighted by Crippen LogP contribution is 2.37. The fourth-order valence-corrected chi connectivity index (χ4v) is 5.31. The van der Waals surface area contributed by atoms with Crippen LogP contribution in [-0.4, -0.2) is 26.9 Å².